The highest BCUT2D eigenvalue weighted by Crippen LogP contribution is 2.53. The molecular formula is C20H22N6O2. The molecule has 4 rings (SSSR count). The third-order valence-electron chi connectivity index (χ3n) is 5.44. The molecule has 1 saturated carbocycles. The minimum Gasteiger partial charge on any atom is -0.364 e. The molecule has 2 aromatic rings. The van der Waals surface area contributed by atoms with Gasteiger partial charge in [0.1, 0.15) is 5.69 Å². The molecule has 144 valence electrons. The summed E-state index contributed by atoms with van der Waals surface area (Å²) in [6.45, 7) is 2.43. The number of nitrogens with one attached hydrogen (secondary N) is 1. The average Bonchev–Trinajstić information content (AvgIpc) is 3.16. The Labute approximate surface area is 162 Å². The zero-order valence-electron chi connectivity index (χ0n) is 15.4. The summed E-state index contributed by atoms with van der Waals surface area (Å²) in [5.41, 5.74) is 6.42. The van der Waals surface area contributed by atoms with Crippen LogP contribution in [0.2, 0.25) is 0 Å². The Kier molecular flexibility index (Phi) is 5.01. The van der Waals surface area contributed by atoms with Crippen LogP contribution in [0.1, 0.15) is 22.5 Å². The number of nitrogens with zero attached hydrogens (tertiary/aromatic N) is 4. The van der Waals surface area contributed by atoms with Crippen molar-refractivity contribution in [2.75, 3.05) is 24.5 Å². The predicted octanol–water partition coefficient (Wildman–Crippen LogP) is 0.872. The van der Waals surface area contributed by atoms with Crippen LogP contribution in [0.3, 0.4) is 0 Å². The molecule has 8 nitrogen and oxygen atoms in total. The number of amides is 2. The number of primary amides is 1. The largest absolute Gasteiger partial charge is 0.364 e. The maximum absolute atomic E-state index is 11.9. The molecule has 2 atom stereocenters. The molecule has 3 N–H and O–H groups in total. The van der Waals surface area contributed by atoms with Gasteiger partial charge in [-0.25, -0.2) is 9.97 Å². The van der Waals surface area contributed by atoms with Gasteiger partial charge in [0.2, 0.25) is 11.9 Å². The van der Waals surface area contributed by atoms with Gasteiger partial charge in [-0.1, -0.05) is 6.07 Å². The molecule has 1 aliphatic carbocycles. The van der Waals surface area contributed by atoms with Crippen LogP contribution in [0.15, 0.2) is 42.9 Å². The first-order valence-electron chi connectivity index (χ1n) is 9.35. The van der Waals surface area contributed by atoms with E-state index in [1.54, 1.807) is 24.7 Å². The third kappa shape index (κ3) is 4.00. The number of carbonyl (C=O) groups is 2. The molecule has 2 unspecified atom stereocenters. The molecule has 28 heavy (non-hydrogen) atoms. The fourth-order valence-corrected chi connectivity index (χ4v) is 3.95. The van der Waals surface area contributed by atoms with E-state index in [-0.39, 0.29) is 11.6 Å². The van der Waals surface area contributed by atoms with E-state index in [4.69, 9.17) is 5.73 Å². The fraction of sp³-hybridized carbons (Fsp3) is 0.350. The second-order valence-corrected chi connectivity index (χ2v) is 7.20. The number of nitrogens with two attached hydrogens (primary N) is 1. The first kappa shape index (κ1) is 18.1. The van der Waals surface area contributed by atoms with Crippen molar-refractivity contribution < 1.29 is 9.59 Å². The maximum atomic E-state index is 11.9. The van der Waals surface area contributed by atoms with Gasteiger partial charge in [0.15, 0.2) is 0 Å². The standard InChI is InChI=1S/C20H22N6O2/c21-19(28)17-6-9-24-20(25-17)26-11-15-14(16(15)12-26)5-8-23-18(27)4-3-13-2-1-7-22-10-13/h1-4,6-7,9-10,14-16H,5,8,11-12H2,(H2,21,28)(H,23,27)/b4-3+. The van der Waals surface area contributed by atoms with Gasteiger partial charge >= 0.3 is 0 Å². The number of pyridine rings is 1. The van der Waals surface area contributed by atoms with Gasteiger partial charge in [-0.05, 0) is 47.9 Å². The Hall–Kier alpha value is -3.29. The lowest BCUT2D eigenvalue weighted by molar-refractivity contribution is -0.116. The van der Waals surface area contributed by atoms with Crippen LogP contribution in [0.5, 0.6) is 0 Å². The van der Waals surface area contributed by atoms with E-state index < -0.39 is 5.91 Å². The van der Waals surface area contributed by atoms with Crippen molar-refractivity contribution in [1.29, 1.82) is 0 Å². The zero-order chi connectivity index (χ0) is 19.5. The van der Waals surface area contributed by atoms with E-state index >= 15 is 0 Å². The van der Waals surface area contributed by atoms with E-state index in [1.165, 1.54) is 12.1 Å². The van der Waals surface area contributed by atoms with Crippen molar-refractivity contribution in [3.63, 3.8) is 0 Å². The fourth-order valence-electron chi connectivity index (χ4n) is 3.95. The maximum Gasteiger partial charge on any atom is 0.267 e. The van der Waals surface area contributed by atoms with Crippen LogP contribution in [0, 0.1) is 17.8 Å². The molecular weight excluding hydrogens is 356 g/mol. The van der Waals surface area contributed by atoms with Crippen molar-refractivity contribution >= 4 is 23.8 Å². The summed E-state index contributed by atoms with van der Waals surface area (Å²) < 4.78 is 0. The number of fused-ring (bicyclic) bond motifs is 1. The highest BCUT2D eigenvalue weighted by molar-refractivity contribution is 5.91. The number of hydrogen-bond acceptors (Lipinski definition) is 6. The third-order valence-corrected chi connectivity index (χ3v) is 5.44. The van der Waals surface area contributed by atoms with Gasteiger partial charge in [0, 0.05) is 44.3 Å². The molecule has 1 saturated heterocycles. The second kappa shape index (κ2) is 7.75. The minimum absolute atomic E-state index is 0.0899. The number of rotatable bonds is 7. The Morgan fingerprint density at radius 2 is 2.07 bits per heavy atom. The molecule has 0 spiro atoms. The molecule has 8 heteroatoms. The number of hydrogen-bond donors (Lipinski definition) is 2. The van der Waals surface area contributed by atoms with E-state index in [0.717, 1.165) is 25.1 Å². The smallest absolute Gasteiger partial charge is 0.267 e. The predicted molar refractivity (Wildman–Crippen MR) is 104 cm³/mol. The van der Waals surface area contributed by atoms with Gasteiger partial charge in [0.05, 0.1) is 0 Å². The SMILES string of the molecule is NC(=O)c1ccnc(N2CC3C(CCNC(=O)/C=C/c4cccnc4)C3C2)n1. The first-order chi connectivity index (χ1) is 13.6. The molecule has 2 amide bonds. The zero-order valence-corrected chi connectivity index (χ0v) is 15.4. The summed E-state index contributed by atoms with van der Waals surface area (Å²) >= 11 is 0. The molecule has 0 radical (unpaired) electrons. The summed E-state index contributed by atoms with van der Waals surface area (Å²) in [5, 5.41) is 2.94. The molecule has 0 aromatic carbocycles. The molecule has 1 aliphatic heterocycles. The Morgan fingerprint density at radius 3 is 2.79 bits per heavy atom. The normalized spacial score (nSPS) is 22.9. The van der Waals surface area contributed by atoms with E-state index in [9.17, 15) is 9.59 Å². The van der Waals surface area contributed by atoms with Crippen molar-refractivity contribution in [2.45, 2.75) is 6.42 Å². The summed E-state index contributed by atoms with van der Waals surface area (Å²) in [5.74, 6) is 1.76. The summed E-state index contributed by atoms with van der Waals surface area (Å²) in [7, 11) is 0. The highest BCUT2D eigenvalue weighted by Gasteiger charge is 2.55. The lowest BCUT2D eigenvalue weighted by Crippen LogP contribution is -2.28. The number of carbonyl (C=O) groups excluding carboxylic acids is 2. The summed E-state index contributed by atoms with van der Waals surface area (Å²) in [4.78, 5) is 37.8. The van der Waals surface area contributed by atoms with E-state index in [1.807, 2.05) is 12.1 Å². The Morgan fingerprint density at radius 1 is 1.25 bits per heavy atom. The minimum atomic E-state index is -0.542. The molecule has 2 aliphatic rings. The van der Waals surface area contributed by atoms with Crippen molar-refractivity contribution in [3.8, 4) is 0 Å². The van der Waals surface area contributed by atoms with E-state index in [0.29, 0.717) is 30.2 Å². The molecule has 2 aromatic heterocycles. The average molecular weight is 378 g/mol. The lowest BCUT2D eigenvalue weighted by atomic mass is 10.2. The molecule has 2 fully saturated rings. The second-order valence-electron chi connectivity index (χ2n) is 7.20. The van der Waals surface area contributed by atoms with Crippen LogP contribution >= 0.6 is 0 Å². The number of piperidine rings is 1. The van der Waals surface area contributed by atoms with Crippen molar-refractivity contribution in [1.82, 2.24) is 20.3 Å². The summed E-state index contributed by atoms with van der Waals surface area (Å²) in [6, 6.07) is 5.26. The molecule has 0 bridgehead atoms. The first-order valence-corrected chi connectivity index (χ1v) is 9.35. The van der Waals surface area contributed by atoms with Crippen LogP contribution in [0.4, 0.5) is 5.95 Å². The number of anilines is 1. The van der Waals surface area contributed by atoms with Gasteiger partial charge in [-0.3, -0.25) is 14.6 Å². The topological polar surface area (TPSA) is 114 Å². The van der Waals surface area contributed by atoms with E-state index in [2.05, 4.69) is 25.2 Å². The number of aromatic nitrogens is 3. The molecule has 3 heterocycles. The van der Waals surface area contributed by atoms with Gasteiger partial charge in [-0.2, -0.15) is 0 Å². The quantitative estimate of drug-likeness (QED) is 0.691. The van der Waals surface area contributed by atoms with Crippen LogP contribution in [0.25, 0.3) is 6.08 Å². The van der Waals surface area contributed by atoms with Gasteiger partial charge in [0.25, 0.3) is 5.91 Å². The lowest BCUT2D eigenvalue weighted by Gasteiger charge is -2.19. The van der Waals surface area contributed by atoms with Gasteiger partial charge < -0.3 is 16.0 Å². The summed E-state index contributed by atoms with van der Waals surface area (Å²) in [6.07, 6.45) is 9.24. The van der Waals surface area contributed by atoms with Crippen molar-refractivity contribution in [2.24, 2.45) is 23.5 Å². The monoisotopic (exact) mass is 378 g/mol. The Balaban J connectivity index is 1.20. The van der Waals surface area contributed by atoms with Crippen LogP contribution in [-0.4, -0.2) is 46.4 Å². The Bertz CT molecular complexity index is 889. The highest BCUT2D eigenvalue weighted by atomic mass is 16.1. The van der Waals surface area contributed by atoms with Gasteiger partial charge in [-0.15, -0.1) is 0 Å². The van der Waals surface area contributed by atoms with Crippen molar-refractivity contribution in [3.05, 3.63) is 54.1 Å². The van der Waals surface area contributed by atoms with Crippen LogP contribution in [-0.2, 0) is 4.79 Å². The van der Waals surface area contributed by atoms with Crippen LogP contribution < -0.4 is 16.0 Å².